The van der Waals surface area contributed by atoms with E-state index in [1.54, 1.807) is 6.20 Å². The number of carbonyl (C=O) groups is 1. The number of likely N-dealkylation sites (tertiary alicyclic amines) is 1. The number of aromatic nitrogens is 3. The molecule has 10 heteroatoms. The van der Waals surface area contributed by atoms with Crippen molar-refractivity contribution in [2.75, 3.05) is 38.2 Å². The minimum atomic E-state index is -2.80. The molecule has 5 heterocycles. The van der Waals surface area contributed by atoms with Gasteiger partial charge < -0.3 is 15.2 Å². The molecule has 214 valence electrons. The summed E-state index contributed by atoms with van der Waals surface area (Å²) in [4.78, 5) is 19.1. The van der Waals surface area contributed by atoms with Crippen LogP contribution in [0.1, 0.15) is 67.4 Å². The number of ether oxygens (including phenoxy) is 1. The topological polar surface area (TPSA) is 92.5 Å². The van der Waals surface area contributed by atoms with Crippen LogP contribution < -0.4 is 5.32 Å². The van der Waals surface area contributed by atoms with Crippen molar-refractivity contribution < 1.29 is 23.4 Å². The van der Waals surface area contributed by atoms with Crippen molar-refractivity contribution in [1.29, 1.82) is 0 Å². The molecule has 0 amide bonds. The van der Waals surface area contributed by atoms with Crippen molar-refractivity contribution in [3.8, 4) is 0 Å². The molecule has 0 bridgehead atoms. The average molecular weight is 554 g/mol. The Morgan fingerprint density at radius 3 is 2.98 bits per heavy atom. The van der Waals surface area contributed by atoms with Crippen LogP contribution in [0.15, 0.2) is 36.5 Å². The first-order chi connectivity index (χ1) is 19.4. The van der Waals surface area contributed by atoms with E-state index in [2.05, 4.69) is 21.5 Å². The van der Waals surface area contributed by atoms with E-state index in [4.69, 9.17) is 4.74 Å². The zero-order valence-corrected chi connectivity index (χ0v) is 22.7. The van der Waals surface area contributed by atoms with Crippen molar-refractivity contribution >= 4 is 22.7 Å². The molecule has 3 aromatic rings. The summed E-state index contributed by atoms with van der Waals surface area (Å²) in [5.41, 5.74) is 3.50. The van der Waals surface area contributed by atoms with Gasteiger partial charge in [-0.25, -0.2) is 13.8 Å². The summed E-state index contributed by atoms with van der Waals surface area (Å²) >= 11 is 0. The number of nitrogens with zero attached hydrogens (tertiary/aromatic N) is 4. The van der Waals surface area contributed by atoms with E-state index < -0.39 is 17.9 Å². The lowest BCUT2D eigenvalue weighted by atomic mass is 9.96. The molecule has 2 N–H and O–H groups in total. The molecule has 2 aromatic heterocycles. The molecule has 0 aliphatic carbocycles. The standard InChI is InChI=1S/C30H37F2N5O3/c31-30(32,12-2-6-23-9-8-21-5-3-13-33-28(21)35-23)16-20-10-14-36(18-20)27(29(38)39)25-7-1-4-22-17-34-37(26(22)25)24-11-15-40-19-24/h1,4,7-9,17,20,24,27H,2-3,5-6,10-16,18-19H2,(H,33,35)(H,38,39). The predicted molar refractivity (Wildman–Crippen MR) is 148 cm³/mol. The summed E-state index contributed by atoms with van der Waals surface area (Å²) in [7, 11) is 0. The van der Waals surface area contributed by atoms with Gasteiger partial charge in [-0.15, -0.1) is 0 Å². The van der Waals surface area contributed by atoms with Gasteiger partial charge >= 0.3 is 5.97 Å². The first-order valence-corrected chi connectivity index (χ1v) is 14.5. The highest BCUT2D eigenvalue weighted by molar-refractivity contribution is 5.88. The normalized spacial score (nSPS) is 22.4. The SMILES string of the molecule is O=C(O)C(c1cccc2cnn(C3CCOC3)c12)N1CCC(CC(F)(F)CCCc2ccc3c(n2)NCCC3)C1. The van der Waals surface area contributed by atoms with Gasteiger partial charge in [-0.05, 0) is 62.6 Å². The maximum atomic E-state index is 15.1. The zero-order valence-electron chi connectivity index (χ0n) is 22.7. The molecular weight excluding hydrogens is 516 g/mol. The monoisotopic (exact) mass is 553 g/mol. The van der Waals surface area contributed by atoms with Crippen LogP contribution in [0.5, 0.6) is 0 Å². The number of rotatable bonds is 10. The Labute approximate surface area is 232 Å². The van der Waals surface area contributed by atoms with E-state index in [0.717, 1.165) is 48.2 Å². The van der Waals surface area contributed by atoms with Gasteiger partial charge in [-0.3, -0.25) is 14.4 Å². The van der Waals surface area contributed by atoms with Gasteiger partial charge in [0.25, 0.3) is 0 Å². The molecule has 3 unspecified atom stereocenters. The molecule has 2 fully saturated rings. The lowest BCUT2D eigenvalue weighted by Gasteiger charge is -2.27. The lowest BCUT2D eigenvalue weighted by Crippen LogP contribution is -2.33. The maximum Gasteiger partial charge on any atom is 0.325 e. The molecule has 1 aromatic carbocycles. The van der Waals surface area contributed by atoms with Crippen LogP contribution in [-0.4, -0.2) is 69.5 Å². The van der Waals surface area contributed by atoms with E-state index in [-0.39, 0.29) is 24.8 Å². The molecule has 3 aliphatic heterocycles. The smallest absolute Gasteiger partial charge is 0.325 e. The van der Waals surface area contributed by atoms with Gasteiger partial charge in [0.05, 0.1) is 24.4 Å². The van der Waals surface area contributed by atoms with Crippen molar-refractivity contribution in [3.63, 3.8) is 0 Å². The predicted octanol–water partition coefficient (Wildman–Crippen LogP) is 5.25. The zero-order chi connectivity index (χ0) is 27.7. The minimum absolute atomic E-state index is 0.0610. The van der Waals surface area contributed by atoms with Gasteiger partial charge in [0.2, 0.25) is 5.92 Å². The van der Waals surface area contributed by atoms with Gasteiger partial charge in [-0.1, -0.05) is 24.3 Å². The number of anilines is 1. The van der Waals surface area contributed by atoms with Crippen LogP contribution in [0.3, 0.4) is 0 Å². The van der Waals surface area contributed by atoms with Crippen molar-refractivity contribution in [2.24, 2.45) is 5.92 Å². The minimum Gasteiger partial charge on any atom is -0.480 e. The molecule has 3 aliphatic rings. The Morgan fingerprint density at radius 2 is 2.15 bits per heavy atom. The number of hydrogen-bond acceptors (Lipinski definition) is 6. The van der Waals surface area contributed by atoms with Gasteiger partial charge in [0.15, 0.2) is 0 Å². The summed E-state index contributed by atoms with van der Waals surface area (Å²) in [5.74, 6) is -3.13. The summed E-state index contributed by atoms with van der Waals surface area (Å²) in [6, 6.07) is 8.77. The summed E-state index contributed by atoms with van der Waals surface area (Å²) in [6.45, 7) is 2.90. The molecule has 0 radical (unpaired) electrons. The van der Waals surface area contributed by atoms with Crippen molar-refractivity contribution in [1.82, 2.24) is 19.7 Å². The number of nitrogens with one attached hydrogen (secondary N) is 1. The highest BCUT2D eigenvalue weighted by Crippen LogP contribution is 2.38. The number of hydrogen-bond donors (Lipinski definition) is 2. The molecule has 2 saturated heterocycles. The Morgan fingerprint density at radius 1 is 1.25 bits per heavy atom. The third kappa shape index (κ3) is 5.69. The van der Waals surface area contributed by atoms with Crippen molar-refractivity contribution in [2.45, 2.75) is 69.4 Å². The molecule has 3 atom stereocenters. The van der Waals surface area contributed by atoms with E-state index in [9.17, 15) is 9.90 Å². The number of pyridine rings is 1. The number of carboxylic acid groups (broad SMARTS) is 1. The Hall–Kier alpha value is -3.11. The third-order valence-electron chi connectivity index (χ3n) is 8.63. The molecule has 0 spiro atoms. The number of carboxylic acids is 1. The number of fused-ring (bicyclic) bond motifs is 2. The molecule has 8 nitrogen and oxygen atoms in total. The summed E-state index contributed by atoms with van der Waals surface area (Å²) in [6.07, 6.45) is 5.70. The Kier molecular flexibility index (Phi) is 7.72. The third-order valence-corrected chi connectivity index (χ3v) is 8.63. The number of aryl methyl sites for hydroxylation is 2. The van der Waals surface area contributed by atoms with E-state index in [1.807, 2.05) is 33.8 Å². The highest BCUT2D eigenvalue weighted by Gasteiger charge is 2.40. The molecule has 6 rings (SSSR count). The number of benzene rings is 1. The fourth-order valence-electron chi connectivity index (χ4n) is 6.65. The Balaban J connectivity index is 1.09. The first kappa shape index (κ1) is 27.1. The number of alkyl halides is 2. The van der Waals surface area contributed by atoms with Crippen LogP contribution in [0.4, 0.5) is 14.6 Å². The first-order valence-electron chi connectivity index (χ1n) is 14.5. The molecular formula is C30H37F2N5O3. The largest absolute Gasteiger partial charge is 0.480 e. The van der Waals surface area contributed by atoms with Crippen LogP contribution in [0.25, 0.3) is 10.9 Å². The summed E-state index contributed by atoms with van der Waals surface area (Å²) < 4.78 is 37.6. The number of halogens is 2. The van der Waals surface area contributed by atoms with Crippen LogP contribution in [-0.2, 0) is 22.4 Å². The number of aliphatic carboxylic acids is 1. The second-order valence-electron chi connectivity index (χ2n) is 11.5. The average Bonchev–Trinajstić information content (AvgIpc) is 3.70. The number of para-hydroxylation sites is 1. The van der Waals surface area contributed by atoms with Crippen LogP contribution >= 0.6 is 0 Å². The van der Waals surface area contributed by atoms with Gasteiger partial charge in [0, 0.05) is 49.2 Å². The summed E-state index contributed by atoms with van der Waals surface area (Å²) in [5, 5.41) is 19.0. The second-order valence-corrected chi connectivity index (χ2v) is 11.5. The second kappa shape index (κ2) is 11.4. The maximum absolute atomic E-state index is 15.1. The van der Waals surface area contributed by atoms with E-state index in [0.29, 0.717) is 51.1 Å². The molecule has 40 heavy (non-hydrogen) atoms. The van der Waals surface area contributed by atoms with Gasteiger partial charge in [-0.2, -0.15) is 5.10 Å². The highest BCUT2D eigenvalue weighted by atomic mass is 19.3. The fourth-order valence-corrected chi connectivity index (χ4v) is 6.65. The van der Waals surface area contributed by atoms with Gasteiger partial charge in [0.1, 0.15) is 11.9 Å². The lowest BCUT2D eigenvalue weighted by molar-refractivity contribution is -0.143. The quantitative estimate of drug-likeness (QED) is 0.354. The van der Waals surface area contributed by atoms with E-state index >= 15 is 8.78 Å². The van der Waals surface area contributed by atoms with Crippen molar-refractivity contribution in [3.05, 3.63) is 53.3 Å². The van der Waals surface area contributed by atoms with E-state index in [1.165, 1.54) is 5.56 Å². The Bertz CT molecular complexity index is 1360. The van der Waals surface area contributed by atoms with Crippen LogP contribution in [0, 0.1) is 5.92 Å². The molecule has 0 saturated carbocycles. The van der Waals surface area contributed by atoms with Crippen LogP contribution in [0.2, 0.25) is 0 Å². The fraction of sp³-hybridized carbons (Fsp3) is 0.567.